The molecule has 0 saturated carbocycles. The van der Waals surface area contributed by atoms with Gasteiger partial charge in [0.05, 0.1) is 5.69 Å². The monoisotopic (exact) mass is 199 g/mol. The highest BCUT2D eigenvalue weighted by Crippen LogP contribution is 2.23. The quantitative estimate of drug-likeness (QED) is 0.650. The fourth-order valence-corrected chi connectivity index (χ4v) is 2.26. The molecule has 2 aromatic rings. The van der Waals surface area contributed by atoms with Gasteiger partial charge in [-0.3, -0.25) is 4.57 Å². The summed E-state index contributed by atoms with van der Waals surface area (Å²) in [4.78, 5) is 0. The number of hydrogen-bond acceptors (Lipinski definition) is 2. The first kappa shape index (κ1) is 8.65. The number of aromatic nitrogens is 3. The van der Waals surface area contributed by atoms with Crippen molar-refractivity contribution in [2.24, 2.45) is 0 Å². The zero-order valence-electron chi connectivity index (χ0n) is 8.77. The molecule has 0 aliphatic carbocycles. The molecule has 1 aromatic heterocycles. The van der Waals surface area contributed by atoms with E-state index in [-0.39, 0.29) is 0 Å². The molecule has 76 valence electrons. The molecular formula is C12H13N3. The second-order valence-corrected chi connectivity index (χ2v) is 3.98. The van der Waals surface area contributed by atoms with Crippen LogP contribution in [0, 0.1) is 6.92 Å². The molecule has 0 spiro atoms. The largest absolute Gasteiger partial charge is 0.283 e. The van der Waals surface area contributed by atoms with Gasteiger partial charge in [0.15, 0.2) is 0 Å². The lowest BCUT2D eigenvalue weighted by Crippen LogP contribution is -2.02. The summed E-state index contributed by atoms with van der Waals surface area (Å²) in [5.74, 6) is 2.08. The predicted molar refractivity (Wildman–Crippen MR) is 58.1 cm³/mol. The van der Waals surface area contributed by atoms with Gasteiger partial charge in [0, 0.05) is 6.42 Å². The molecule has 3 heteroatoms. The van der Waals surface area contributed by atoms with Crippen LogP contribution in [0.15, 0.2) is 24.3 Å². The Morgan fingerprint density at radius 2 is 2.00 bits per heavy atom. The lowest BCUT2D eigenvalue weighted by atomic mass is 10.1. The van der Waals surface area contributed by atoms with E-state index < -0.39 is 0 Å². The van der Waals surface area contributed by atoms with Gasteiger partial charge in [0.25, 0.3) is 0 Å². The normalized spacial score (nSPS) is 14.2. The average Bonchev–Trinajstić information content (AvgIpc) is 2.52. The molecule has 0 bridgehead atoms. The van der Waals surface area contributed by atoms with E-state index in [0.717, 1.165) is 30.9 Å². The Morgan fingerprint density at radius 1 is 1.13 bits per heavy atom. The summed E-state index contributed by atoms with van der Waals surface area (Å²) < 4.78 is 2.18. The average molecular weight is 199 g/mol. The van der Waals surface area contributed by atoms with E-state index in [9.17, 15) is 0 Å². The number of aryl methyl sites for hydroxylation is 3. The van der Waals surface area contributed by atoms with Crippen LogP contribution in [0.5, 0.6) is 0 Å². The molecule has 1 aliphatic rings. The SMILES string of the molecule is Cc1nnc2n1-c1ccccc1CCC2. The van der Waals surface area contributed by atoms with E-state index in [0.29, 0.717) is 0 Å². The Bertz CT molecular complexity index is 499. The second-order valence-electron chi connectivity index (χ2n) is 3.98. The number of nitrogens with zero attached hydrogens (tertiary/aromatic N) is 3. The maximum atomic E-state index is 4.23. The molecule has 1 aliphatic heterocycles. The lowest BCUT2D eigenvalue weighted by molar-refractivity contribution is 0.782. The van der Waals surface area contributed by atoms with E-state index in [1.165, 1.54) is 11.3 Å². The lowest BCUT2D eigenvalue weighted by Gasteiger charge is -2.08. The smallest absolute Gasteiger partial charge is 0.137 e. The van der Waals surface area contributed by atoms with Gasteiger partial charge in [-0.25, -0.2) is 0 Å². The Kier molecular flexibility index (Phi) is 1.84. The molecule has 0 saturated heterocycles. The third-order valence-electron chi connectivity index (χ3n) is 2.97. The number of hydrogen-bond donors (Lipinski definition) is 0. The van der Waals surface area contributed by atoms with Crippen LogP contribution >= 0.6 is 0 Å². The van der Waals surface area contributed by atoms with Gasteiger partial charge in [-0.15, -0.1) is 10.2 Å². The van der Waals surface area contributed by atoms with Gasteiger partial charge >= 0.3 is 0 Å². The van der Waals surface area contributed by atoms with Crippen LogP contribution in [0.2, 0.25) is 0 Å². The Balaban J connectivity index is 2.30. The van der Waals surface area contributed by atoms with E-state index in [2.05, 4.69) is 39.0 Å². The summed E-state index contributed by atoms with van der Waals surface area (Å²) >= 11 is 0. The highest BCUT2D eigenvalue weighted by Gasteiger charge is 2.16. The highest BCUT2D eigenvalue weighted by molar-refractivity contribution is 5.43. The highest BCUT2D eigenvalue weighted by atomic mass is 15.3. The molecular weight excluding hydrogens is 186 g/mol. The zero-order chi connectivity index (χ0) is 10.3. The topological polar surface area (TPSA) is 30.7 Å². The first-order valence-corrected chi connectivity index (χ1v) is 5.35. The summed E-state index contributed by atoms with van der Waals surface area (Å²) in [5, 5.41) is 8.38. The molecule has 15 heavy (non-hydrogen) atoms. The minimum absolute atomic E-state index is 0.986. The molecule has 2 heterocycles. The van der Waals surface area contributed by atoms with Crippen molar-refractivity contribution in [1.29, 1.82) is 0 Å². The van der Waals surface area contributed by atoms with Gasteiger partial charge in [0.1, 0.15) is 11.6 Å². The molecule has 1 aromatic carbocycles. The van der Waals surface area contributed by atoms with Crippen LogP contribution in [-0.2, 0) is 12.8 Å². The van der Waals surface area contributed by atoms with Crippen molar-refractivity contribution in [3.8, 4) is 5.69 Å². The van der Waals surface area contributed by atoms with Crippen LogP contribution in [0.3, 0.4) is 0 Å². The maximum Gasteiger partial charge on any atom is 0.137 e. The van der Waals surface area contributed by atoms with Gasteiger partial charge in [-0.05, 0) is 31.4 Å². The molecule has 0 atom stereocenters. The predicted octanol–water partition coefficient (Wildman–Crippen LogP) is 2.06. The fraction of sp³-hybridized carbons (Fsp3) is 0.333. The minimum atomic E-state index is 0.986. The van der Waals surface area contributed by atoms with Crippen molar-refractivity contribution in [2.45, 2.75) is 26.2 Å². The molecule has 0 fully saturated rings. The summed E-state index contributed by atoms with van der Waals surface area (Å²) in [6.07, 6.45) is 3.32. The summed E-state index contributed by atoms with van der Waals surface area (Å²) in [5.41, 5.74) is 2.66. The van der Waals surface area contributed by atoms with Crippen molar-refractivity contribution in [1.82, 2.24) is 14.8 Å². The van der Waals surface area contributed by atoms with E-state index >= 15 is 0 Å². The molecule has 0 unspecified atom stereocenters. The summed E-state index contributed by atoms with van der Waals surface area (Å²) in [6, 6.07) is 8.53. The van der Waals surface area contributed by atoms with Gasteiger partial charge < -0.3 is 0 Å². The maximum absolute atomic E-state index is 4.23. The van der Waals surface area contributed by atoms with Crippen LogP contribution in [0.25, 0.3) is 5.69 Å². The van der Waals surface area contributed by atoms with E-state index in [1.807, 2.05) is 6.92 Å². The Hall–Kier alpha value is -1.64. The van der Waals surface area contributed by atoms with E-state index in [1.54, 1.807) is 0 Å². The van der Waals surface area contributed by atoms with Crippen LogP contribution in [-0.4, -0.2) is 14.8 Å². The number of rotatable bonds is 0. The van der Waals surface area contributed by atoms with Gasteiger partial charge in [-0.2, -0.15) is 0 Å². The number of fused-ring (bicyclic) bond motifs is 3. The van der Waals surface area contributed by atoms with Crippen molar-refractivity contribution in [3.05, 3.63) is 41.5 Å². The second kappa shape index (κ2) is 3.19. The molecule has 0 N–H and O–H groups in total. The fourth-order valence-electron chi connectivity index (χ4n) is 2.26. The number of benzene rings is 1. The first-order chi connectivity index (χ1) is 7.36. The Labute approximate surface area is 88.8 Å². The van der Waals surface area contributed by atoms with Crippen molar-refractivity contribution >= 4 is 0 Å². The molecule has 3 nitrogen and oxygen atoms in total. The standard InChI is InChI=1S/C12H13N3/c1-9-13-14-12-8-4-6-10-5-2-3-7-11(10)15(9)12/h2-3,5,7H,4,6,8H2,1H3. The molecule has 0 amide bonds. The van der Waals surface area contributed by atoms with Gasteiger partial charge in [0.2, 0.25) is 0 Å². The van der Waals surface area contributed by atoms with Crippen molar-refractivity contribution < 1.29 is 0 Å². The van der Waals surface area contributed by atoms with Crippen LogP contribution < -0.4 is 0 Å². The van der Waals surface area contributed by atoms with Crippen LogP contribution in [0.4, 0.5) is 0 Å². The third-order valence-corrected chi connectivity index (χ3v) is 2.97. The minimum Gasteiger partial charge on any atom is -0.283 e. The Morgan fingerprint density at radius 3 is 2.93 bits per heavy atom. The molecule has 0 radical (unpaired) electrons. The van der Waals surface area contributed by atoms with Crippen molar-refractivity contribution in [2.75, 3.05) is 0 Å². The zero-order valence-corrected chi connectivity index (χ0v) is 8.77. The third kappa shape index (κ3) is 1.27. The van der Waals surface area contributed by atoms with Crippen molar-refractivity contribution in [3.63, 3.8) is 0 Å². The van der Waals surface area contributed by atoms with E-state index in [4.69, 9.17) is 0 Å². The number of para-hydroxylation sites is 1. The molecule has 3 rings (SSSR count). The summed E-state index contributed by atoms with van der Waals surface area (Å²) in [6.45, 7) is 2.01. The first-order valence-electron chi connectivity index (χ1n) is 5.35. The van der Waals surface area contributed by atoms with Gasteiger partial charge in [-0.1, -0.05) is 18.2 Å². The van der Waals surface area contributed by atoms with Crippen LogP contribution in [0.1, 0.15) is 23.6 Å². The summed E-state index contributed by atoms with van der Waals surface area (Å²) in [7, 11) is 0.